The molecule has 2 rings (SSSR count). The second-order valence-corrected chi connectivity index (χ2v) is 5.23. The molecular formula is C17H17F3N2O2. The van der Waals surface area contributed by atoms with Crippen molar-refractivity contribution < 1.29 is 22.7 Å². The summed E-state index contributed by atoms with van der Waals surface area (Å²) in [6.45, 7) is 1.82. The average molecular weight is 338 g/mol. The number of aromatic nitrogens is 1. The van der Waals surface area contributed by atoms with Crippen LogP contribution in [0.2, 0.25) is 0 Å². The van der Waals surface area contributed by atoms with Gasteiger partial charge in [0.1, 0.15) is 5.75 Å². The topological polar surface area (TPSA) is 51.2 Å². The molecule has 1 heterocycles. The van der Waals surface area contributed by atoms with Gasteiger partial charge in [0, 0.05) is 18.8 Å². The van der Waals surface area contributed by atoms with Gasteiger partial charge in [-0.2, -0.15) is 0 Å². The number of hydrogen-bond acceptors (Lipinski definition) is 3. The SMILES string of the molecule is C[C@H](NC(=O)CCc1ccccc1OC(F)(F)F)c1cccnc1. The molecule has 1 aromatic carbocycles. The van der Waals surface area contributed by atoms with Crippen molar-refractivity contribution in [1.29, 1.82) is 0 Å². The minimum absolute atomic E-state index is 0.0584. The number of hydrogen-bond donors (Lipinski definition) is 1. The van der Waals surface area contributed by atoms with Gasteiger partial charge < -0.3 is 10.1 Å². The van der Waals surface area contributed by atoms with Gasteiger partial charge in [-0.25, -0.2) is 0 Å². The number of carbonyl (C=O) groups excluding carboxylic acids is 1. The quantitative estimate of drug-likeness (QED) is 0.872. The zero-order valence-electron chi connectivity index (χ0n) is 13.0. The van der Waals surface area contributed by atoms with E-state index in [4.69, 9.17) is 0 Å². The molecule has 2 aromatic rings. The lowest BCUT2D eigenvalue weighted by atomic mass is 10.1. The second-order valence-electron chi connectivity index (χ2n) is 5.23. The highest BCUT2D eigenvalue weighted by molar-refractivity contribution is 5.76. The maximum Gasteiger partial charge on any atom is 0.573 e. The van der Waals surface area contributed by atoms with Gasteiger partial charge in [-0.1, -0.05) is 24.3 Å². The molecular weight excluding hydrogens is 321 g/mol. The number of ether oxygens (including phenoxy) is 1. The third-order valence-electron chi connectivity index (χ3n) is 3.38. The summed E-state index contributed by atoms with van der Waals surface area (Å²) in [6, 6.07) is 9.18. The van der Waals surface area contributed by atoms with Crippen LogP contribution in [-0.4, -0.2) is 17.3 Å². The normalized spacial score (nSPS) is 12.5. The van der Waals surface area contributed by atoms with Gasteiger partial charge in [-0.3, -0.25) is 9.78 Å². The first-order valence-electron chi connectivity index (χ1n) is 7.38. The van der Waals surface area contributed by atoms with Crippen LogP contribution in [0.1, 0.15) is 30.5 Å². The number of aryl methyl sites for hydroxylation is 1. The average Bonchev–Trinajstić information content (AvgIpc) is 2.53. The van der Waals surface area contributed by atoms with Gasteiger partial charge in [0.2, 0.25) is 5.91 Å². The van der Waals surface area contributed by atoms with Gasteiger partial charge in [-0.05, 0) is 36.6 Å². The fourth-order valence-corrected chi connectivity index (χ4v) is 2.21. The predicted octanol–water partition coefficient (Wildman–Crippen LogP) is 3.79. The van der Waals surface area contributed by atoms with E-state index in [1.807, 2.05) is 13.0 Å². The largest absolute Gasteiger partial charge is 0.573 e. The van der Waals surface area contributed by atoms with Crippen LogP contribution in [0.25, 0.3) is 0 Å². The first-order chi connectivity index (χ1) is 11.3. The minimum Gasteiger partial charge on any atom is -0.406 e. The van der Waals surface area contributed by atoms with Crippen molar-refractivity contribution in [2.24, 2.45) is 0 Å². The van der Waals surface area contributed by atoms with Gasteiger partial charge in [0.25, 0.3) is 0 Å². The van der Waals surface area contributed by atoms with Gasteiger partial charge in [0.05, 0.1) is 6.04 Å². The molecule has 24 heavy (non-hydrogen) atoms. The number of amides is 1. The van der Waals surface area contributed by atoms with Crippen LogP contribution in [0.15, 0.2) is 48.8 Å². The van der Waals surface area contributed by atoms with Gasteiger partial charge in [-0.15, -0.1) is 13.2 Å². The Balaban J connectivity index is 1.92. The Hall–Kier alpha value is -2.57. The number of nitrogens with one attached hydrogen (secondary N) is 1. The third kappa shape index (κ3) is 5.57. The van der Waals surface area contributed by atoms with Crippen molar-refractivity contribution >= 4 is 5.91 Å². The van der Waals surface area contributed by atoms with E-state index >= 15 is 0 Å². The number of alkyl halides is 3. The summed E-state index contributed by atoms with van der Waals surface area (Å²) in [4.78, 5) is 16.0. The monoisotopic (exact) mass is 338 g/mol. The summed E-state index contributed by atoms with van der Waals surface area (Å²) >= 11 is 0. The third-order valence-corrected chi connectivity index (χ3v) is 3.38. The molecule has 0 aliphatic carbocycles. The molecule has 0 spiro atoms. The first-order valence-corrected chi connectivity index (χ1v) is 7.38. The predicted molar refractivity (Wildman–Crippen MR) is 82.2 cm³/mol. The molecule has 1 aromatic heterocycles. The standard InChI is InChI=1S/C17H17F3N2O2/c1-12(14-6-4-10-21-11-14)22-16(23)9-8-13-5-2-3-7-15(13)24-17(18,19)20/h2-7,10-12H,8-9H2,1H3,(H,22,23)/t12-/m0/s1. The van der Waals surface area contributed by atoms with E-state index in [0.717, 1.165) is 5.56 Å². The smallest absolute Gasteiger partial charge is 0.406 e. The zero-order valence-corrected chi connectivity index (χ0v) is 13.0. The summed E-state index contributed by atoms with van der Waals surface area (Å²) in [6.07, 6.45) is -1.26. The van der Waals surface area contributed by atoms with Crippen molar-refractivity contribution in [1.82, 2.24) is 10.3 Å². The summed E-state index contributed by atoms with van der Waals surface area (Å²) < 4.78 is 41.1. The molecule has 0 aliphatic heterocycles. The first kappa shape index (κ1) is 17.8. The van der Waals surface area contributed by atoms with E-state index in [-0.39, 0.29) is 30.5 Å². The summed E-state index contributed by atoms with van der Waals surface area (Å²) in [5.74, 6) is -0.536. The molecule has 0 aliphatic rings. The number of carbonyl (C=O) groups is 1. The highest BCUT2D eigenvalue weighted by Gasteiger charge is 2.31. The fraction of sp³-hybridized carbons (Fsp3) is 0.294. The van der Waals surface area contributed by atoms with Gasteiger partial charge in [0.15, 0.2) is 0 Å². The Labute approximate surface area is 137 Å². The van der Waals surface area contributed by atoms with E-state index in [9.17, 15) is 18.0 Å². The van der Waals surface area contributed by atoms with E-state index in [1.165, 1.54) is 18.2 Å². The molecule has 0 saturated heterocycles. The number of pyridine rings is 1. The maximum atomic E-state index is 12.4. The van der Waals surface area contributed by atoms with E-state index < -0.39 is 6.36 Å². The molecule has 1 N–H and O–H groups in total. The zero-order chi connectivity index (χ0) is 17.6. The molecule has 0 unspecified atom stereocenters. The fourth-order valence-electron chi connectivity index (χ4n) is 2.21. The number of rotatable bonds is 6. The highest BCUT2D eigenvalue weighted by Crippen LogP contribution is 2.27. The minimum atomic E-state index is -4.76. The maximum absolute atomic E-state index is 12.4. The van der Waals surface area contributed by atoms with Crippen molar-refractivity contribution in [2.75, 3.05) is 0 Å². The van der Waals surface area contributed by atoms with E-state index in [0.29, 0.717) is 5.56 Å². The molecule has 4 nitrogen and oxygen atoms in total. The Kier molecular flexibility index (Phi) is 5.78. The van der Waals surface area contributed by atoms with E-state index in [1.54, 1.807) is 24.5 Å². The second kappa shape index (κ2) is 7.81. The number of benzene rings is 1. The van der Waals surface area contributed by atoms with Crippen LogP contribution in [0.4, 0.5) is 13.2 Å². The molecule has 0 bridgehead atoms. The summed E-state index contributed by atoms with van der Waals surface area (Å²) in [7, 11) is 0. The molecule has 0 radical (unpaired) electrons. The molecule has 128 valence electrons. The van der Waals surface area contributed by atoms with Crippen LogP contribution >= 0.6 is 0 Å². The Morgan fingerprint density at radius 2 is 2.00 bits per heavy atom. The summed E-state index contributed by atoms with van der Waals surface area (Å²) in [5.41, 5.74) is 1.19. The molecule has 0 saturated carbocycles. The Morgan fingerprint density at radius 3 is 2.67 bits per heavy atom. The van der Waals surface area contributed by atoms with Crippen LogP contribution in [0, 0.1) is 0 Å². The molecule has 1 amide bonds. The van der Waals surface area contributed by atoms with Crippen molar-refractivity contribution in [3.05, 3.63) is 59.9 Å². The van der Waals surface area contributed by atoms with Crippen molar-refractivity contribution in [3.8, 4) is 5.75 Å². The van der Waals surface area contributed by atoms with Crippen LogP contribution in [-0.2, 0) is 11.2 Å². The number of nitrogens with zero attached hydrogens (tertiary/aromatic N) is 1. The van der Waals surface area contributed by atoms with Crippen molar-refractivity contribution in [3.63, 3.8) is 0 Å². The lowest BCUT2D eigenvalue weighted by Crippen LogP contribution is -2.27. The van der Waals surface area contributed by atoms with E-state index in [2.05, 4.69) is 15.0 Å². The molecule has 7 heteroatoms. The number of halogens is 3. The van der Waals surface area contributed by atoms with Crippen LogP contribution in [0.3, 0.4) is 0 Å². The lowest BCUT2D eigenvalue weighted by Gasteiger charge is -2.15. The Morgan fingerprint density at radius 1 is 1.25 bits per heavy atom. The van der Waals surface area contributed by atoms with Crippen molar-refractivity contribution in [2.45, 2.75) is 32.2 Å². The Bertz CT molecular complexity index is 675. The van der Waals surface area contributed by atoms with Crippen LogP contribution < -0.4 is 10.1 Å². The molecule has 0 fully saturated rings. The molecule has 1 atom stereocenters. The number of para-hydroxylation sites is 1. The lowest BCUT2D eigenvalue weighted by molar-refractivity contribution is -0.274. The summed E-state index contributed by atoms with van der Waals surface area (Å²) in [5, 5.41) is 2.79. The van der Waals surface area contributed by atoms with Gasteiger partial charge >= 0.3 is 6.36 Å². The highest BCUT2D eigenvalue weighted by atomic mass is 19.4. The van der Waals surface area contributed by atoms with Crippen LogP contribution in [0.5, 0.6) is 5.75 Å².